The molecule has 0 saturated heterocycles. The van der Waals surface area contributed by atoms with E-state index in [-0.39, 0.29) is 11.4 Å². The summed E-state index contributed by atoms with van der Waals surface area (Å²) in [7, 11) is 3.40. The molecule has 0 aliphatic heterocycles. The van der Waals surface area contributed by atoms with Crippen LogP contribution in [-0.4, -0.2) is 39.7 Å². The highest BCUT2D eigenvalue weighted by Gasteiger charge is 2.32. The highest BCUT2D eigenvalue weighted by atomic mass is 19.4. The van der Waals surface area contributed by atoms with Crippen LogP contribution in [-0.2, 0) is 6.18 Å². The van der Waals surface area contributed by atoms with E-state index in [9.17, 15) is 18.4 Å². The molecule has 0 saturated carbocycles. The molecule has 2 aromatic heterocycles. The van der Waals surface area contributed by atoms with Crippen LogP contribution in [0.4, 0.5) is 24.7 Å². The molecule has 148 valence electrons. The lowest BCUT2D eigenvalue weighted by molar-refractivity contribution is -0.137. The number of benzene rings is 1. The Morgan fingerprint density at radius 1 is 1.28 bits per heavy atom. The maximum absolute atomic E-state index is 13.2. The Morgan fingerprint density at radius 2 is 2.07 bits per heavy atom. The maximum atomic E-state index is 13.2. The topological polar surface area (TPSA) is 106 Å². The molecule has 0 spiro atoms. The van der Waals surface area contributed by atoms with Crippen LogP contribution in [0, 0.1) is 11.3 Å². The van der Waals surface area contributed by atoms with Gasteiger partial charge in [-0.25, -0.2) is 4.98 Å². The van der Waals surface area contributed by atoms with E-state index in [1.54, 1.807) is 43.3 Å². The summed E-state index contributed by atoms with van der Waals surface area (Å²) in [6.45, 7) is 0. The molecule has 8 nitrogen and oxygen atoms in total. The number of aromatic amines is 1. The zero-order chi connectivity index (χ0) is 21.0. The first-order valence-electron chi connectivity index (χ1n) is 8.25. The Hall–Kier alpha value is -3.94. The van der Waals surface area contributed by atoms with E-state index in [1.165, 1.54) is 6.20 Å². The summed E-state index contributed by atoms with van der Waals surface area (Å²) in [4.78, 5) is 5.61. The van der Waals surface area contributed by atoms with Gasteiger partial charge in [0.25, 0.3) is 0 Å². The van der Waals surface area contributed by atoms with Crippen molar-refractivity contribution in [1.29, 1.82) is 5.26 Å². The predicted octanol–water partition coefficient (Wildman–Crippen LogP) is 3.32. The van der Waals surface area contributed by atoms with Crippen LogP contribution in [0.2, 0.25) is 0 Å². The van der Waals surface area contributed by atoms with Gasteiger partial charge in [0.1, 0.15) is 17.5 Å². The van der Waals surface area contributed by atoms with Crippen molar-refractivity contribution in [3.05, 3.63) is 54.1 Å². The number of nitrogens with one attached hydrogen (secondary N) is 2. The molecule has 3 aromatic rings. The first kappa shape index (κ1) is 19.8. The Labute approximate surface area is 163 Å². The highest BCUT2D eigenvalue weighted by Crippen LogP contribution is 2.36. The molecule has 0 unspecified atom stereocenters. The summed E-state index contributed by atoms with van der Waals surface area (Å²) < 4.78 is 39.5. The number of tetrazole rings is 1. The predicted molar refractivity (Wildman–Crippen MR) is 100 cm³/mol. The zero-order valence-electron chi connectivity index (χ0n) is 15.4. The molecule has 29 heavy (non-hydrogen) atoms. The lowest BCUT2D eigenvalue weighted by Crippen LogP contribution is -2.14. The summed E-state index contributed by atoms with van der Waals surface area (Å²) in [6, 6.07) is 9.75. The smallest absolute Gasteiger partial charge is 0.362 e. The van der Waals surface area contributed by atoms with E-state index in [4.69, 9.17) is 0 Å². The minimum atomic E-state index is -4.50. The third kappa shape index (κ3) is 4.49. The molecule has 0 atom stereocenters. The second kappa shape index (κ2) is 7.97. The molecular weight excluding hydrogens is 385 g/mol. The van der Waals surface area contributed by atoms with Crippen LogP contribution in [0.15, 0.2) is 42.7 Å². The number of hydrogen-bond acceptors (Lipinski definition) is 7. The van der Waals surface area contributed by atoms with E-state index in [1.807, 2.05) is 6.07 Å². The third-order valence-corrected chi connectivity index (χ3v) is 3.88. The fraction of sp³-hybridized carbons (Fsp3) is 0.167. The van der Waals surface area contributed by atoms with Gasteiger partial charge >= 0.3 is 6.18 Å². The Morgan fingerprint density at radius 3 is 2.69 bits per heavy atom. The lowest BCUT2D eigenvalue weighted by Gasteiger charge is -2.18. The SMILES string of the molecule is CN(C)c1ncc(C(F)(F)F)cc1-c1cccc(NC=C(C#N)c2nn[nH]n2)c1. The zero-order valence-corrected chi connectivity index (χ0v) is 15.4. The van der Waals surface area contributed by atoms with Crippen LogP contribution in [0.5, 0.6) is 0 Å². The summed E-state index contributed by atoms with van der Waals surface area (Å²) >= 11 is 0. The van der Waals surface area contributed by atoms with Gasteiger partial charge in [-0.05, 0) is 29.0 Å². The van der Waals surface area contributed by atoms with Gasteiger partial charge < -0.3 is 10.2 Å². The Balaban J connectivity index is 1.98. The minimum Gasteiger partial charge on any atom is -0.362 e. The number of nitriles is 1. The Bertz CT molecular complexity index is 1070. The average molecular weight is 400 g/mol. The monoisotopic (exact) mass is 400 g/mol. The van der Waals surface area contributed by atoms with Gasteiger partial charge in [-0.3, -0.25) is 0 Å². The van der Waals surface area contributed by atoms with Crippen molar-refractivity contribution < 1.29 is 13.2 Å². The molecule has 1 aromatic carbocycles. The van der Waals surface area contributed by atoms with Gasteiger partial charge in [-0.1, -0.05) is 12.1 Å². The van der Waals surface area contributed by atoms with Crippen molar-refractivity contribution in [3.63, 3.8) is 0 Å². The maximum Gasteiger partial charge on any atom is 0.417 e. The molecule has 0 radical (unpaired) electrons. The first-order chi connectivity index (χ1) is 13.8. The van der Waals surface area contributed by atoms with Crippen LogP contribution in [0.1, 0.15) is 11.4 Å². The molecule has 2 N–H and O–H groups in total. The molecule has 3 rings (SSSR count). The molecule has 11 heteroatoms. The second-order valence-corrected chi connectivity index (χ2v) is 6.12. The summed E-state index contributed by atoms with van der Waals surface area (Å²) in [5.41, 5.74) is 0.722. The second-order valence-electron chi connectivity index (χ2n) is 6.12. The van der Waals surface area contributed by atoms with Gasteiger partial charge in [-0.2, -0.15) is 23.6 Å². The van der Waals surface area contributed by atoms with Crippen LogP contribution >= 0.6 is 0 Å². The highest BCUT2D eigenvalue weighted by molar-refractivity contribution is 5.79. The van der Waals surface area contributed by atoms with Crippen LogP contribution in [0.3, 0.4) is 0 Å². The van der Waals surface area contributed by atoms with Gasteiger partial charge in [0.2, 0.25) is 5.82 Å². The van der Waals surface area contributed by atoms with Gasteiger partial charge in [0, 0.05) is 37.7 Å². The van der Waals surface area contributed by atoms with Gasteiger partial charge in [0.05, 0.1) is 5.56 Å². The summed E-state index contributed by atoms with van der Waals surface area (Å²) in [6.07, 6.45) is -2.30. The fourth-order valence-corrected chi connectivity index (χ4v) is 2.54. The quantitative estimate of drug-likeness (QED) is 0.633. The molecule has 0 bridgehead atoms. The van der Waals surface area contributed by atoms with E-state index in [2.05, 4.69) is 30.9 Å². The van der Waals surface area contributed by atoms with Crippen molar-refractivity contribution in [2.24, 2.45) is 0 Å². The van der Waals surface area contributed by atoms with E-state index < -0.39 is 11.7 Å². The Kier molecular flexibility index (Phi) is 5.45. The summed E-state index contributed by atoms with van der Waals surface area (Å²) in [5.74, 6) is 0.517. The molecule has 0 fully saturated rings. The first-order valence-corrected chi connectivity index (χ1v) is 8.25. The van der Waals surface area contributed by atoms with Crippen molar-refractivity contribution in [1.82, 2.24) is 25.6 Å². The van der Waals surface area contributed by atoms with Crippen LogP contribution in [0.25, 0.3) is 16.7 Å². The fourth-order valence-electron chi connectivity index (χ4n) is 2.54. The number of hydrogen-bond donors (Lipinski definition) is 2. The lowest BCUT2D eigenvalue weighted by atomic mass is 10.0. The van der Waals surface area contributed by atoms with E-state index in [0.29, 0.717) is 22.6 Å². The number of allylic oxidation sites excluding steroid dienone is 1. The molecular formula is C18H15F3N8. The normalized spacial score (nSPS) is 11.8. The number of nitrogens with zero attached hydrogens (tertiary/aromatic N) is 6. The van der Waals surface area contributed by atoms with Crippen LogP contribution < -0.4 is 10.2 Å². The number of aromatic nitrogens is 5. The van der Waals surface area contributed by atoms with Gasteiger partial charge in [-0.15, -0.1) is 10.2 Å². The molecule has 0 aliphatic carbocycles. The average Bonchev–Trinajstić information content (AvgIpc) is 3.22. The van der Waals surface area contributed by atoms with E-state index >= 15 is 0 Å². The van der Waals surface area contributed by atoms with Crippen molar-refractivity contribution in [3.8, 4) is 17.2 Å². The number of halogens is 3. The van der Waals surface area contributed by atoms with Gasteiger partial charge in [0.15, 0.2) is 0 Å². The minimum absolute atomic E-state index is 0.119. The van der Waals surface area contributed by atoms with Crippen molar-refractivity contribution in [2.45, 2.75) is 6.18 Å². The number of rotatable bonds is 5. The molecule has 2 heterocycles. The van der Waals surface area contributed by atoms with E-state index in [0.717, 1.165) is 12.3 Å². The molecule has 0 aliphatic rings. The summed E-state index contributed by atoms with van der Waals surface area (Å²) in [5, 5.41) is 25.2. The number of anilines is 2. The number of alkyl halides is 3. The van der Waals surface area contributed by atoms with Crippen molar-refractivity contribution in [2.75, 3.05) is 24.3 Å². The number of H-pyrrole nitrogens is 1. The van der Waals surface area contributed by atoms with Crippen molar-refractivity contribution >= 4 is 17.1 Å². The third-order valence-electron chi connectivity index (χ3n) is 3.88. The number of pyridine rings is 1. The molecule has 0 amide bonds. The largest absolute Gasteiger partial charge is 0.417 e. The standard InChI is InChI=1S/C18H15F3N8/c1-29(2)17-15(7-13(10-24-17)18(19,20)21)11-4-3-5-14(6-11)23-9-12(8-22)16-25-27-28-26-16/h3-7,9-10,23H,1-2H3,(H,25,26,27,28).